The standard InChI is InChI=1S/C17H14N6O3/c1-22(17(24)25)16-19-15(26-21-16)14-12-7-2-3-8-13(12)20-23(14)10-11-6-4-5-9-18-11/h2-9H,10H2,1H3,(H,24,25). The zero-order chi connectivity index (χ0) is 18.1. The summed E-state index contributed by atoms with van der Waals surface area (Å²) >= 11 is 0. The summed E-state index contributed by atoms with van der Waals surface area (Å²) in [6, 6.07) is 13.2. The molecule has 0 aliphatic heterocycles. The lowest BCUT2D eigenvalue weighted by Crippen LogP contribution is -2.24. The lowest BCUT2D eigenvalue weighted by Gasteiger charge is -2.05. The molecule has 1 N–H and O–H groups in total. The van der Waals surface area contributed by atoms with Crippen molar-refractivity contribution in [3.05, 3.63) is 54.4 Å². The van der Waals surface area contributed by atoms with Gasteiger partial charge in [-0.25, -0.2) is 9.69 Å². The van der Waals surface area contributed by atoms with Crippen LogP contribution in [0, 0.1) is 0 Å². The average molecular weight is 350 g/mol. The van der Waals surface area contributed by atoms with Crippen LogP contribution in [0.15, 0.2) is 53.2 Å². The van der Waals surface area contributed by atoms with Crippen LogP contribution in [-0.4, -0.2) is 43.2 Å². The van der Waals surface area contributed by atoms with E-state index in [1.54, 1.807) is 10.9 Å². The normalized spacial score (nSPS) is 11.0. The van der Waals surface area contributed by atoms with Crippen molar-refractivity contribution in [2.45, 2.75) is 6.54 Å². The van der Waals surface area contributed by atoms with E-state index in [2.05, 4.69) is 20.2 Å². The summed E-state index contributed by atoms with van der Waals surface area (Å²) in [5.74, 6) is 0.153. The molecule has 0 spiro atoms. The SMILES string of the molecule is CN(C(=O)O)c1noc(-c2c3ccccc3nn2Cc2ccccn2)n1. The molecule has 0 saturated heterocycles. The van der Waals surface area contributed by atoms with Gasteiger partial charge in [0.1, 0.15) is 5.69 Å². The van der Waals surface area contributed by atoms with E-state index in [9.17, 15) is 4.79 Å². The van der Waals surface area contributed by atoms with Crippen molar-refractivity contribution in [3.63, 3.8) is 0 Å². The third-order valence-electron chi connectivity index (χ3n) is 3.89. The molecule has 0 aliphatic rings. The molecule has 0 atom stereocenters. The lowest BCUT2D eigenvalue weighted by molar-refractivity contribution is 0.202. The Morgan fingerprint density at radius 1 is 1.23 bits per heavy atom. The Balaban J connectivity index is 1.83. The number of carboxylic acid groups (broad SMARTS) is 1. The van der Waals surface area contributed by atoms with Crippen molar-refractivity contribution in [3.8, 4) is 11.6 Å². The van der Waals surface area contributed by atoms with Gasteiger partial charge < -0.3 is 9.63 Å². The summed E-state index contributed by atoms with van der Waals surface area (Å²) in [6.45, 7) is 0.414. The van der Waals surface area contributed by atoms with Crippen LogP contribution in [0.1, 0.15) is 5.69 Å². The maximum absolute atomic E-state index is 11.1. The number of hydrogen-bond donors (Lipinski definition) is 1. The predicted molar refractivity (Wildman–Crippen MR) is 92.8 cm³/mol. The zero-order valence-corrected chi connectivity index (χ0v) is 13.8. The van der Waals surface area contributed by atoms with Crippen LogP contribution in [0.25, 0.3) is 22.5 Å². The highest BCUT2D eigenvalue weighted by Crippen LogP contribution is 2.29. The van der Waals surface area contributed by atoms with E-state index in [-0.39, 0.29) is 11.8 Å². The molecule has 9 heteroatoms. The topological polar surface area (TPSA) is 110 Å². The quantitative estimate of drug-likeness (QED) is 0.602. The molecular weight excluding hydrogens is 336 g/mol. The summed E-state index contributed by atoms with van der Waals surface area (Å²) in [5.41, 5.74) is 2.21. The molecule has 4 rings (SSSR count). The maximum atomic E-state index is 11.1. The van der Waals surface area contributed by atoms with Crippen LogP contribution in [0.5, 0.6) is 0 Å². The number of carbonyl (C=O) groups is 1. The van der Waals surface area contributed by atoms with Crippen molar-refractivity contribution in [1.29, 1.82) is 0 Å². The first-order valence-corrected chi connectivity index (χ1v) is 7.79. The monoisotopic (exact) mass is 350 g/mol. The van der Waals surface area contributed by atoms with Gasteiger partial charge in [-0.15, -0.1) is 0 Å². The third kappa shape index (κ3) is 2.75. The number of fused-ring (bicyclic) bond motifs is 1. The first-order chi connectivity index (χ1) is 12.6. The highest BCUT2D eigenvalue weighted by molar-refractivity contribution is 5.91. The molecule has 0 bridgehead atoms. The van der Waals surface area contributed by atoms with E-state index >= 15 is 0 Å². The molecular formula is C17H14N6O3. The van der Waals surface area contributed by atoms with Crippen LogP contribution in [-0.2, 0) is 6.54 Å². The lowest BCUT2D eigenvalue weighted by atomic mass is 10.2. The number of anilines is 1. The van der Waals surface area contributed by atoms with E-state index in [0.717, 1.165) is 21.5 Å². The summed E-state index contributed by atoms with van der Waals surface area (Å²) in [4.78, 5) is 20.5. The van der Waals surface area contributed by atoms with Gasteiger partial charge in [-0.3, -0.25) is 9.67 Å². The van der Waals surface area contributed by atoms with Crippen LogP contribution < -0.4 is 4.90 Å². The summed E-state index contributed by atoms with van der Waals surface area (Å²) < 4.78 is 7.05. The number of nitrogens with zero attached hydrogens (tertiary/aromatic N) is 6. The smallest absolute Gasteiger partial charge is 0.414 e. The van der Waals surface area contributed by atoms with Gasteiger partial charge in [0.2, 0.25) is 0 Å². The predicted octanol–water partition coefficient (Wildman–Crippen LogP) is 2.64. The van der Waals surface area contributed by atoms with E-state index < -0.39 is 6.09 Å². The minimum absolute atomic E-state index is 0.0397. The molecule has 0 saturated carbocycles. The first-order valence-electron chi connectivity index (χ1n) is 7.79. The van der Waals surface area contributed by atoms with Crippen molar-refractivity contribution < 1.29 is 14.4 Å². The second-order valence-corrected chi connectivity index (χ2v) is 5.59. The fourth-order valence-corrected chi connectivity index (χ4v) is 2.60. The Morgan fingerprint density at radius 2 is 2.04 bits per heavy atom. The van der Waals surface area contributed by atoms with Crippen LogP contribution in [0.3, 0.4) is 0 Å². The molecule has 0 unspecified atom stereocenters. The summed E-state index contributed by atoms with van der Waals surface area (Å²) in [6.07, 6.45) is 0.536. The van der Waals surface area contributed by atoms with Gasteiger partial charge in [0, 0.05) is 18.6 Å². The molecule has 26 heavy (non-hydrogen) atoms. The number of pyridine rings is 1. The molecule has 3 aromatic heterocycles. The fraction of sp³-hybridized carbons (Fsp3) is 0.118. The number of benzene rings is 1. The second-order valence-electron chi connectivity index (χ2n) is 5.59. The number of hydrogen-bond acceptors (Lipinski definition) is 6. The maximum Gasteiger partial charge on any atom is 0.414 e. The van der Waals surface area contributed by atoms with Gasteiger partial charge in [-0.1, -0.05) is 24.3 Å². The van der Waals surface area contributed by atoms with Gasteiger partial charge in [-0.2, -0.15) is 10.1 Å². The minimum atomic E-state index is -1.18. The van der Waals surface area contributed by atoms with Crippen LogP contribution in [0.2, 0.25) is 0 Å². The molecule has 4 aromatic rings. The Morgan fingerprint density at radius 3 is 2.81 bits per heavy atom. The van der Waals surface area contributed by atoms with Gasteiger partial charge in [0.15, 0.2) is 0 Å². The van der Waals surface area contributed by atoms with Crippen molar-refractivity contribution >= 4 is 22.9 Å². The van der Waals surface area contributed by atoms with Gasteiger partial charge in [0.25, 0.3) is 11.8 Å². The molecule has 0 fully saturated rings. The molecule has 3 heterocycles. The van der Waals surface area contributed by atoms with Crippen LogP contribution >= 0.6 is 0 Å². The van der Waals surface area contributed by atoms with Gasteiger partial charge in [0.05, 0.1) is 17.8 Å². The van der Waals surface area contributed by atoms with E-state index in [0.29, 0.717) is 12.2 Å². The Bertz CT molecular complexity index is 1070. The van der Waals surface area contributed by atoms with Crippen LogP contribution in [0.4, 0.5) is 10.7 Å². The van der Waals surface area contributed by atoms with E-state index in [4.69, 9.17) is 9.63 Å². The highest BCUT2D eigenvalue weighted by atomic mass is 16.5. The first kappa shape index (κ1) is 15.8. The second kappa shape index (κ2) is 6.28. The molecule has 0 radical (unpaired) electrons. The van der Waals surface area contributed by atoms with Crippen molar-refractivity contribution in [1.82, 2.24) is 24.9 Å². The largest absolute Gasteiger partial charge is 0.465 e. The van der Waals surface area contributed by atoms with Gasteiger partial charge in [-0.05, 0) is 23.4 Å². The molecule has 1 amide bonds. The van der Waals surface area contributed by atoms with E-state index in [1.165, 1.54) is 7.05 Å². The zero-order valence-electron chi connectivity index (χ0n) is 13.8. The Hall–Kier alpha value is -3.75. The third-order valence-corrected chi connectivity index (χ3v) is 3.89. The molecule has 130 valence electrons. The molecule has 1 aromatic carbocycles. The average Bonchev–Trinajstić information content (AvgIpc) is 3.25. The Kier molecular flexibility index (Phi) is 3.81. The molecule has 0 aliphatic carbocycles. The number of rotatable bonds is 4. The minimum Gasteiger partial charge on any atom is -0.465 e. The number of amides is 1. The molecule has 9 nitrogen and oxygen atoms in total. The van der Waals surface area contributed by atoms with Crippen molar-refractivity contribution in [2.24, 2.45) is 0 Å². The summed E-state index contributed by atoms with van der Waals surface area (Å²) in [5, 5.41) is 18.2. The number of aromatic nitrogens is 5. The fourth-order valence-electron chi connectivity index (χ4n) is 2.60. The van der Waals surface area contributed by atoms with Crippen molar-refractivity contribution in [2.75, 3.05) is 11.9 Å². The summed E-state index contributed by atoms with van der Waals surface area (Å²) in [7, 11) is 1.35. The van der Waals surface area contributed by atoms with E-state index in [1.807, 2.05) is 42.5 Å². The van der Waals surface area contributed by atoms with Gasteiger partial charge >= 0.3 is 6.09 Å². The highest BCUT2D eigenvalue weighted by Gasteiger charge is 2.22. The Labute approximate surface area is 147 Å².